The zero-order chi connectivity index (χ0) is 14.1. The first-order chi connectivity index (χ1) is 9.08. The van der Waals surface area contributed by atoms with Gasteiger partial charge in [-0.15, -0.1) is 11.3 Å². The van der Waals surface area contributed by atoms with E-state index in [1.54, 1.807) is 11.3 Å². The minimum absolute atomic E-state index is 0.0922. The van der Waals surface area contributed by atoms with Crippen molar-refractivity contribution in [2.75, 3.05) is 19.8 Å². The van der Waals surface area contributed by atoms with Crippen molar-refractivity contribution in [2.24, 2.45) is 0 Å². The quantitative estimate of drug-likeness (QED) is 0.549. The number of aryl methyl sites for hydroxylation is 1. The lowest BCUT2D eigenvalue weighted by Gasteiger charge is -2.06. The summed E-state index contributed by atoms with van der Waals surface area (Å²) in [7, 11) is 0. The molecule has 1 amide bonds. The highest BCUT2D eigenvalue weighted by Crippen LogP contribution is 2.23. The van der Waals surface area contributed by atoms with Crippen LogP contribution in [0.2, 0.25) is 0 Å². The number of nitrogens with one attached hydrogen (secondary N) is 1. The van der Waals surface area contributed by atoms with Gasteiger partial charge in [0.2, 0.25) is 5.91 Å². The van der Waals surface area contributed by atoms with Gasteiger partial charge in [0.1, 0.15) is 0 Å². The standard InChI is InChI=1S/C14H20BrNO2S/c1-11(2)10-18-9-8-16-14(17)5-3-4-12-6-7-13(15)19-12/h6-7H,1,3-5,8-10H2,2H3,(H,16,17). The van der Waals surface area contributed by atoms with E-state index in [2.05, 4.69) is 33.9 Å². The number of hydrogen-bond acceptors (Lipinski definition) is 3. The second-order valence-electron chi connectivity index (χ2n) is 4.42. The van der Waals surface area contributed by atoms with Crippen LogP contribution in [0.15, 0.2) is 28.1 Å². The van der Waals surface area contributed by atoms with Gasteiger partial charge in [-0.1, -0.05) is 12.2 Å². The Labute approximate surface area is 127 Å². The van der Waals surface area contributed by atoms with Gasteiger partial charge in [0, 0.05) is 17.8 Å². The molecule has 5 heteroatoms. The highest BCUT2D eigenvalue weighted by Gasteiger charge is 2.02. The summed E-state index contributed by atoms with van der Waals surface area (Å²) in [5, 5.41) is 2.85. The number of thiophene rings is 1. The fraction of sp³-hybridized carbons (Fsp3) is 0.500. The molecule has 0 aliphatic rings. The largest absolute Gasteiger partial charge is 0.375 e. The summed E-state index contributed by atoms with van der Waals surface area (Å²) in [6.07, 6.45) is 2.40. The van der Waals surface area contributed by atoms with Crippen LogP contribution in [0, 0.1) is 0 Å². The van der Waals surface area contributed by atoms with E-state index >= 15 is 0 Å². The predicted molar refractivity (Wildman–Crippen MR) is 83.6 cm³/mol. The number of carbonyl (C=O) groups is 1. The number of carbonyl (C=O) groups excluding carboxylic acids is 1. The number of rotatable bonds is 9. The van der Waals surface area contributed by atoms with Crippen molar-refractivity contribution >= 4 is 33.2 Å². The van der Waals surface area contributed by atoms with Crippen LogP contribution >= 0.6 is 27.3 Å². The molecule has 1 heterocycles. The summed E-state index contributed by atoms with van der Waals surface area (Å²) in [6, 6.07) is 4.14. The van der Waals surface area contributed by atoms with E-state index in [9.17, 15) is 4.79 Å². The van der Waals surface area contributed by atoms with E-state index < -0.39 is 0 Å². The van der Waals surface area contributed by atoms with Crippen molar-refractivity contribution in [3.05, 3.63) is 32.9 Å². The van der Waals surface area contributed by atoms with Crippen molar-refractivity contribution in [2.45, 2.75) is 26.2 Å². The fourth-order valence-electron chi connectivity index (χ4n) is 1.51. The molecule has 0 aliphatic carbocycles. The van der Waals surface area contributed by atoms with Crippen LogP contribution < -0.4 is 5.32 Å². The lowest BCUT2D eigenvalue weighted by atomic mass is 10.2. The molecule has 0 fully saturated rings. The molecule has 0 atom stereocenters. The van der Waals surface area contributed by atoms with Crippen LogP contribution in [0.25, 0.3) is 0 Å². The average Bonchev–Trinajstić information content (AvgIpc) is 2.74. The molecular weight excluding hydrogens is 326 g/mol. The molecule has 0 bridgehead atoms. The SMILES string of the molecule is C=C(C)COCCNC(=O)CCCc1ccc(Br)s1. The summed E-state index contributed by atoms with van der Waals surface area (Å²) in [5.41, 5.74) is 0.994. The Kier molecular flexibility index (Phi) is 8.02. The monoisotopic (exact) mass is 345 g/mol. The Morgan fingerprint density at radius 1 is 1.53 bits per heavy atom. The van der Waals surface area contributed by atoms with E-state index in [0.29, 0.717) is 26.2 Å². The van der Waals surface area contributed by atoms with Gasteiger partial charge in [-0.25, -0.2) is 0 Å². The van der Waals surface area contributed by atoms with Gasteiger partial charge < -0.3 is 10.1 Å². The molecule has 1 rings (SSSR count). The van der Waals surface area contributed by atoms with Crippen molar-refractivity contribution < 1.29 is 9.53 Å². The van der Waals surface area contributed by atoms with E-state index in [4.69, 9.17) is 4.74 Å². The zero-order valence-electron chi connectivity index (χ0n) is 11.2. The van der Waals surface area contributed by atoms with Gasteiger partial charge in [0.15, 0.2) is 0 Å². The molecule has 0 saturated heterocycles. The summed E-state index contributed by atoms with van der Waals surface area (Å²) < 4.78 is 6.44. The third-order valence-corrected chi connectivity index (χ3v) is 4.06. The van der Waals surface area contributed by atoms with E-state index in [-0.39, 0.29) is 5.91 Å². The third-order valence-electron chi connectivity index (χ3n) is 2.37. The Hall–Kier alpha value is -0.650. The molecule has 0 unspecified atom stereocenters. The molecule has 1 aromatic rings. The van der Waals surface area contributed by atoms with Crippen LogP contribution in [-0.4, -0.2) is 25.7 Å². The molecule has 0 saturated carbocycles. The van der Waals surface area contributed by atoms with Gasteiger partial charge in [-0.2, -0.15) is 0 Å². The van der Waals surface area contributed by atoms with Crippen LogP contribution in [0.5, 0.6) is 0 Å². The second kappa shape index (κ2) is 9.28. The van der Waals surface area contributed by atoms with Crippen molar-refractivity contribution in [3.63, 3.8) is 0 Å². The van der Waals surface area contributed by atoms with E-state index in [1.165, 1.54) is 4.88 Å². The first-order valence-electron chi connectivity index (χ1n) is 6.31. The van der Waals surface area contributed by atoms with Crippen molar-refractivity contribution in [1.82, 2.24) is 5.32 Å². The Bertz CT molecular complexity index is 417. The first kappa shape index (κ1) is 16.4. The molecule has 0 aromatic carbocycles. The molecule has 1 aromatic heterocycles. The lowest BCUT2D eigenvalue weighted by molar-refractivity contribution is -0.121. The molecular formula is C14H20BrNO2S. The predicted octanol–water partition coefficient (Wildman–Crippen LogP) is 3.54. The van der Waals surface area contributed by atoms with Gasteiger partial charge >= 0.3 is 0 Å². The summed E-state index contributed by atoms with van der Waals surface area (Å²) in [6.45, 7) is 7.33. The smallest absolute Gasteiger partial charge is 0.220 e. The van der Waals surface area contributed by atoms with Crippen LogP contribution in [-0.2, 0) is 16.0 Å². The average molecular weight is 346 g/mol. The molecule has 1 N–H and O–H groups in total. The normalized spacial score (nSPS) is 10.4. The van der Waals surface area contributed by atoms with Crippen LogP contribution in [0.3, 0.4) is 0 Å². The minimum atomic E-state index is 0.0922. The van der Waals surface area contributed by atoms with Gasteiger partial charge in [-0.3, -0.25) is 4.79 Å². The maximum atomic E-state index is 11.5. The molecule has 0 aliphatic heterocycles. The Morgan fingerprint density at radius 2 is 2.32 bits per heavy atom. The number of ether oxygens (including phenoxy) is 1. The number of hydrogen-bond donors (Lipinski definition) is 1. The fourth-order valence-corrected chi connectivity index (χ4v) is 3.03. The van der Waals surface area contributed by atoms with Gasteiger partial charge in [-0.05, 0) is 47.8 Å². The lowest BCUT2D eigenvalue weighted by Crippen LogP contribution is -2.27. The zero-order valence-corrected chi connectivity index (χ0v) is 13.6. The maximum absolute atomic E-state index is 11.5. The highest BCUT2D eigenvalue weighted by molar-refractivity contribution is 9.11. The van der Waals surface area contributed by atoms with Crippen LogP contribution in [0.1, 0.15) is 24.6 Å². The molecule has 3 nitrogen and oxygen atoms in total. The van der Waals surface area contributed by atoms with Crippen LogP contribution in [0.4, 0.5) is 0 Å². The minimum Gasteiger partial charge on any atom is -0.375 e. The molecule has 19 heavy (non-hydrogen) atoms. The molecule has 106 valence electrons. The number of halogens is 1. The molecule has 0 radical (unpaired) electrons. The van der Waals surface area contributed by atoms with Crippen molar-refractivity contribution in [3.8, 4) is 0 Å². The summed E-state index contributed by atoms with van der Waals surface area (Å²) in [4.78, 5) is 12.9. The van der Waals surface area contributed by atoms with E-state index in [0.717, 1.165) is 22.2 Å². The molecule has 0 spiro atoms. The van der Waals surface area contributed by atoms with Gasteiger partial charge in [0.05, 0.1) is 17.0 Å². The second-order valence-corrected chi connectivity index (χ2v) is 6.97. The Balaban J connectivity index is 2.00. The summed E-state index contributed by atoms with van der Waals surface area (Å²) >= 11 is 5.15. The topological polar surface area (TPSA) is 38.3 Å². The maximum Gasteiger partial charge on any atom is 0.220 e. The van der Waals surface area contributed by atoms with E-state index in [1.807, 2.05) is 13.0 Å². The highest BCUT2D eigenvalue weighted by atomic mass is 79.9. The first-order valence-corrected chi connectivity index (χ1v) is 7.92. The summed E-state index contributed by atoms with van der Waals surface area (Å²) in [5.74, 6) is 0.0922. The number of amides is 1. The Morgan fingerprint density at radius 3 is 2.95 bits per heavy atom. The third kappa shape index (κ3) is 8.18. The van der Waals surface area contributed by atoms with Crippen molar-refractivity contribution in [1.29, 1.82) is 0 Å². The van der Waals surface area contributed by atoms with Gasteiger partial charge in [0.25, 0.3) is 0 Å².